The highest BCUT2D eigenvalue weighted by atomic mass is 35.5. The van der Waals surface area contributed by atoms with E-state index in [0.717, 1.165) is 22.6 Å². The van der Waals surface area contributed by atoms with Crippen molar-refractivity contribution < 1.29 is 13.2 Å². The summed E-state index contributed by atoms with van der Waals surface area (Å²) in [7, 11) is -2.16. The number of pyridine rings is 1. The molecule has 0 N–H and O–H groups in total. The Morgan fingerprint density at radius 1 is 1.06 bits per heavy atom. The molecule has 0 bridgehead atoms. The third kappa shape index (κ3) is 4.06. The van der Waals surface area contributed by atoms with Crippen LogP contribution in [-0.4, -0.2) is 47.5 Å². The van der Waals surface area contributed by atoms with E-state index < -0.39 is 10.0 Å². The number of piperidine rings is 1. The molecule has 34 heavy (non-hydrogen) atoms. The van der Waals surface area contributed by atoms with E-state index in [1.807, 2.05) is 12.1 Å². The van der Waals surface area contributed by atoms with Crippen LogP contribution in [0.25, 0.3) is 22.6 Å². The maximum absolute atomic E-state index is 13.3. The molecular weight excluding hydrogens is 472 g/mol. The summed E-state index contributed by atoms with van der Waals surface area (Å²) < 4.78 is 35.4. The Kier molecular flexibility index (Phi) is 6.06. The number of hydrogen-bond donors (Lipinski definition) is 0. The molecule has 0 unspecified atom stereocenters. The van der Waals surface area contributed by atoms with Gasteiger partial charge in [0, 0.05) is 30.9 Å². The first kappa shape index (κ1) is 22.8. The standard InChI is InChI=1S/C25H25ClN4O3S/c1-17-5-7-18(8-6-17)24-28-22-4-3-13-27-25(22)30(24)19-11-14-29(15-12-19)34(31,32)20-9-10-23(33-2)21(26)16-20/h3-10,13,16,19H,11-12,14-15H2,1-2H3. The summed E-state index contributed by atoms with van der Waals surface area (Å²) in [6.45, 7) is 2.85. The smallest absolute Gasteiger partial charge is 0.243 e. The summed E-state index contributed by atoms with van der Waals surface area (Å²) in [6.07, 6.45) is 3.08. The van der Waals surface area contributed by atoms with E-state index in [9.17, 15) is 8.42 Å². The lowest BCUT2D eigenvalue weighted by Crippen LogP contribution is -2.39. The van der Waals surface area contributed by atoms with Gasteiger partial charge in [-0.1, -0.05) is 41.4 Å². The monoisotopic (exact) mass is 496 g/mol. The number of sulfonamides is 1. The highest BCUT2D eigenvalue weighted by Crippen LogP contribution is 2.35. The van der Waals surface area contributed by atoms with E-state index in [1.165, 1.54) is 29.1 Å². The van der Waals surface area contributed by atoms with E-state index in [-0.39, 0.29) is 16.0 Å². The Hall–Kier alpha value is -2.94. The first-order valence-electron chi connectivity index (χ1n) is 11.1. The lowest BCUT2D eigenvalue weighted by atomic mass is 10.1. The van der Waals surface area contributed by atoms with E-state index >= 15 is 0 Å². The van der Waals surface area contributed by atoms with Crippen molar-refractivity contribution in [2.75, 3.05) is 20.2 Å². The van der Waals surface area contributed by atoms with Gasteiger partial charge in [-0.2, -0.15) is 4.31 Å². The number of aromatic nitrogens is 3. The van der Waals surface area contributed by atoms with Crippen molar-refractivity contribution in [3.63, 3.8) is 0 Å². The number of halogens is 1. The molecule has 2 aromatic heterocycles. The fourth-order valence-electron chi connectivity index (χ4n) is 4.48. The molecule has 4 aromatic rings. The predicted octanol–water partition coefficient (Wildman–Crippen LogP) is 5.09. The summed E-state index contributed by atoms with van der Waals surface area (Å²) in [5.41, 5.74) is 3.86. The van der Waals surface area contributed by atoms with Crippen LogP contribution in [0.5, 0.6) is 5.75 Å². The molecule has 0 saturated carbocycles. The summed E-state index contributed by atoms with van der Waals surface area (Å²) in [5.74, 6) is 1.30. The molecule has 3 heterocycles. The molecule has 5 rings (SSSR count). The molecule has 0 amide bonds. The minimum absolute atomic E-state index is 0.0853. The van der Waals surface area contributed by atoms with E-state index in [4.69, 9.17) is 21.3 Å². The molecule has 0 spiro atoms. The van der Waals surface area contributed by atoms with Crippen LogP contribution in [0.1, 0.15) is 24.4 Å². The second-order valence-corrected chi connectivity index (χ2v) is 10.8. The number of nitrogens with zero attached hydrogens (tertiary/aromatic N) is 4. The van der Waals surface area contributed by atoms with E-state index in [2.05, 4.69) is 40.7 Å². The third-order valence-electron chi connectivity index (χ3n) is 6.31. The lowest BCUT2D eigenvalue weighted by Gasteiger charge is -2.32. The van der Waals surface area contributed by atoms with Crippen LogP contribution in [0.15, 0.2) is 65.7 Å². The topological polar surface area (TPSA) is 77.3 Å². The minimum Gasteiger partial charge on any atom is -0.495 e. The van der Waals surface area contributed by atoms with Gasteiger partial charge in [0.05, 0.1) is 17.0 Å². The maximum Gasteiger partial charge on any atom is 0.243 e. The molecule has 176 valence electrons. The van der Waals surface area contributed by atoms with Gasteiger partial charge in [-0.05, 0) is 50.1 Å². The molecule has 9 heteroatoms. The molecule has 2 aromatic carbocycles. The molecule has 0 aliphatic carbocycles. The van der Waals surface area contributed by atoms with Gasteiger partial charge in [0.25, 0.3) is 0 Å². The number of benzene rings is 2. The van der Waals surface area contributed by atoms with Crippen LogP contribution in [-0.2, 0) is 10.0 Å². The number of aryl methyl sites for hydroxylation is 1. The summed E-state index contributed by atoms with van der Waals surface area (Å²) >= 11 is 6.18. The SMILES string of the molecule is COc1ccc(S(=O)(=O)N2CCC(n3c(-c4ccc(C)cc4)nc4cccnc43)CC2)cc1Cl. The molecule has 1 fully saturated rings. The molecule has 7 nitrogen and oxygen atoms in total. The minimum atomic E-state index is -3.66. The molecule has 1 aliphatic heterocycles. The van der Waals surface area contributed by atoms with Crippen molar-refractivity contribution in [3.8, 4) is 17.1 Å². The van der Waals surface area contributed by atoms with Crippen molar-refractivity contribution >= 4 is 32.8 Å². The second-order valence-electron chi connectivity index (χ2n) is 8.45. The number of fused-ring (bicyclic) bond motifs is 1. The van der Waals surface area contributed by atoms with Crippen molar-refractivity contribution in [1.82, 2.24) is 18.8 Å². The van der Waals surface area contributed by atoms with Gasteiger partial charge in [-0.15, -0.1) is 0 Å². The Labute approximate surface area is 204 Å². The summed E-state index contributed by atoms with van der Waals surface area (Å²) in [5, 5.41) is 0.275. The fourth-order valence-corrected chi connectivity index (χ4v) is 6.30. The van der Waals surface area contributed by atoms with Gasteiger partial charge in [-0.3, -0.25) is 0 Å². The highest BCUT2D eigenvalue weighted by molar-refractivity contribution is 7.89. The molecule has 0 atom stereocenters. The van der Waals surface area contributed by atoms with Gasteiger partial charge in [0.15, 0.2) is 5.65 Å². The van der Waals surface area contributed by atoms with Crippen LogP contribution in [0, 0.1) is 6.92 Å². The largest absolute Gasteiger partial charge is 0.495 e. The molecular formula is C25H25ClN4O3S. The average molecular weight is 497 g/mol. The number of hydrogen-bond acceptors (Lipinski definition) is 5. The van der Waals surface area contributed by atoms with Crippen LogP contribution in [0.2, 0.25) is 5.02 Å². The first-order valence-corrected chi connectivity index (χ1v) is 12.9. The van der Waals surface area contributed by atoms with Crippen molar-refractivity contribution in [3.05, 3.63) is 71.4 Å². The maximum atomic E-state index is 13.3. The lowest BCUT2D eigenvalue weighted by molar-refractivity contribution is 0.278. The average Bonchev–Trinajstić information content (AvgIpc) is 3.24. The summed E-state index contributed by atoms with van der Waals surface area (Å²) in [6, 6.07) is 16.8. The Morgan fingerprint density at radius 2 is 1.79 bits per heavy atom. The third-order valence-corrected chi connectivity index (χ3v) is 8.50. The van der Waals surface area contributed by atoms with Crippen molar-refractivity contribution in [2.45, 2.75) is 30.7 Å². The number of imidazole rings is 1. The van der Waals surface area contributed by atoms with Gasteiger partial charge < -0.3 is 9.30 Å². The number of ether oxygens (including phenoxy) is 1. The summed E-state index contributed by atoms with van der Waals surface area (Å²) in [4.78, 5) is 9.65. The van der Waals surface area contributed by atoms with E-state index in [0.29, 0.717) is 31.7 Å². The number of rotatable bonds is 5. The van der Waals surface area contributed by atoms with Crippen LogP contribution < -0.4 is 4.74 Å². The van der Waals surface area contributed by atoms with E-state index in [1.54, 1.807) is 12.3 Å². The van der Waals surface area contributed by atoms with Crippen LogP contribution >= 0.6 is 11.6 Å². The predicted molar refractivity (Wildman–Crippen MR) is 133 cm³/mol. The van der Waals surface area contributed by atoms with Crippen LogP contribution in [0.4, 0.5) is 0 Å². The van der Waals surface area contributed by atoms with Crippen molar-refractivity contribution in [1.29, 1.82) is 0 Å². The number of methoxy groups -OCH3 is 1. The first-order chi connectivity index (χ1) is 16.4. The van der Waals surface area contributed by atoms with Gasteiger partial charge in [0.2, 0.25) is 10.0 Å². The quantitative estimate of drug-likeness (QED) is 0.384. The Balaban J connectivity index is 1.44. The Bertz CT molecular complexity index is 1440. The van der Waals surface area contributed by atoms with Gasteiger partial charge >= 0.3 is 0 Å². The highest BCUT2D eigenvalue weighted by Gasteiger charge is 2.32. The molecule has 1 aliphatic rings. The van der Waals surface area contributed by atoms with Gasteiger partial charge in [-0.25, -0.2) is 18.4 Å². The Morgan fingerprint density at radius 3 is 2.47 bits per heavy atom. The zero-order valence-corrected chi connectivity index (χ0v) is 20.6. The molecule has 1 saturated heterocycles. The van der Waals surface area contributed by atoms with Crippen LogP contribution in [0.3, 0.4) is 0 Å². The zero-order chi connectivity index (χ0) is 23.9. The normalized spacial score (nSPS) is 15.6. The van der Waals surface area contributed by atoms with Gasteiger partial charge in [0.1, 0.15) is 17.1 Å². The zero-order valence-electron chi connectivity index (χ0n) is 19.0. The fraction of sp³-hybridized carbons (Fsp3) is 0.280. The van der Waals surface area contributed by atoms with Crippen molar-refractivity contribution in [2.24, 2.45) is 0 Å². The second kappa shape index (κ2) is 9.02. The molecule has 0 radical (unpaired) electrons.